The number of hydrogen-bond donors (Lipinski definition) is 0. The first-order chi connectivity index (χ1) is 12.2. The Morgan fingerprint density at radius 2 is 1.64 bits per heavy atom. The van der Waals surface area contributed by atoms with Crippen molar-refractivity contribution in [1.29, 1.82) is 0 Å². The lowest BCUT2D eigenvalue weighted by Crippen LogP contribution is -2.20. The molecule has 0 aromatic heterocycles. The number of rotatable bonds is 3. The highest BCUT2D eigenvalue weighted by Crippen LogP contribution is 2.45. The molecule has 2 saturated carbocycles. The lowest BCUT2D eigenvalue weighted by atomic mass is 9.71. The molecule has 0 spiro atoms. The van der Waals surface area contributed by atoms with Gasteiger partial charge in [0.15, 0.2) is 0 Å². The van der Waals surface area contributed by atoms with E-state index in [0.29, 0.717) is 11.8 Å². The average molecular weight is 338 g/mol. The molecule has 3 rings (SSSR count). The Morgan fingerprint density at radius 3 is 2.24 bits per heavy atom. The van der Waals surface area contributed by atoms with Crippen molar-refractivity contribution in [1.82, 2.24) is 0 Å². The van der Waals surface area contributed by atoms with Crippen LogP contribution in [0.5, 0.6) is 0 Å². The van der Waals surface area contributed by atoms with Crippen LogP contribution in [-0.2, 0) is 4.74 Å². The monoisotopic (exact) mass is 338 g/mol. The average Bonchev–Trinajstić information content (AvgIpc) is 2.67. The Labute approximate surface area is 152 Å². The molecular formula is C23H30O2. The summed E-state index contributed by atoms with van der Waals surface area (Å²) in [6.45, 7) is 2.33. The van der Waals surface area contributed by atoms with Crippen LogP contribution in [0, 0.1) is 18.3 Å². The van der Waals surface area contributed by atoms with Crippen molar-refractivity contribution in [2.75, 3.05) is 7.11 Å². The van der Waals surface area contributed by atoms with Gasteiger partial charge in [-0.05, 0) is 66.7 Å². The fraction of sp³-hybridized carbons (Fsp3) is 0.609. The van der Waals surface area contributed by atoms with Crippen molar-refractivity contribution in [3.63, 3.8) is 0 Å². The molecule has 2 aliphatic rings. The van der Waals surface area contributed by atoms with Gasteiger partial charge in [-0.2, -0.15) is 0 Å². The predicted octanol–water partition coefficient (Wildman–Crippen LogP) is 5.80. The number of ether oxygens (including phenoxy) is 1. The van der Waals surface area contributed by atoms with Crippen molar-refractivity contribution < 1.29 is 9.53 Å². The van der Waals surface area contributed by atoms with Crippen LogP contribution >= 0.6 is 0 Å². The molecule has 0 radical (unpaired) electrons. The van der Waals surface area contributed by atoms with Crippen molar-refractivity contribution >= 4 is 5.97 Å². The van der Waals surface area contributed by atoms with Crippen LogP contribution in [0.15, 0.2) is 12.1 Å². The van der Waals surface area contributed by atoms with Crippen LogP contribution in [0.1, 0.15) is 104 Å². The van der Waals surface area contributed by atoms with E-state index in [1.54, 1.807) is 0 Å². The minimum absolute atomic E-state index is 0.214. The molecule has 2 heteroatoms. The van der Waals surface area contributed by atoms with Crippen molar-refractivity contribution in [3.8, 4) is 12.3 Å². The van der Waals surface area contributed by atoms with Crippen LogP contribution in [-0.4, -0.2) is 13.1 Å². The van der Waals surface area contributed by atoms with Crippen LogP contribution in [0.2, 0.25) is 0 Å². The number of esters is 1. The first kappa shape index (κ1) is 18.1. The van der Waals surface area contributed by atoms with Crippen molar-refractivity contribution in [2.45, 2.75) is 76.5 Å². The topological polar surface area (TPSA) is 26.3 Å². The molecule has 0 atom stereocenters. The Morgan fingerprint density at radius 1 is 1.00 bits per heavy atom. The van der Waals surface area contributed by atoms with Gasteiger partial charge in [0.25, 0.3) is 0 Å². The molecule has 0 amide bonds. The summed E-state index contributed by atoms with van der Waals surface area (Å²) in [5.74, 6) is 4.42. The zero-order valence-electron chi connectivity index (χ0n) is 15.6. The van der Waals surface area contributed by atoms with E-state index in [2.05, 4.69) is 12.8 Å². The first-order valence-corrected chi connectivity index (χ1v) is 9.87. The Bertz CT molecular complexity index is 653. The molecule has 0 bridgehead atoms. The highest BCUT2D eigenvalue weighted by atomic mass is 16.5. The number of terminal acetylenes is 1. The zero-order valence-corrected chi connectivity index (χ0v) is 15.6. The number of benzene rings is 1. The van der Waals surface area contributed by atoms with E-state index in [9.17, 15) is 4.79 Å². The molecule has 1 aromatic rings. The second-order valence-corrected chi connectivity index (χ2v) is 7.92. The molecule has 2 aliphatic carbocycles. The third kappa shape index (κ3) is 3.76. The molecule has 0 aliphatic heterocycles. The van der Waals surface area contributed by atoms with E-state index in [1.807, 2.05) is 12.1 Å². The van der Waals surface area contributed by atoms with Gasteiger partial charge in [-0.25, -0.2) is 4.79 Å². The SMILES string of the molecule is C#Cc1ccc(C(=O)OC)c(C2CCC(C)CC2)c1C1CCCCC1. The largest absolute Gasteiger partial charge is 0.465 e. The van der Waals surface area contributed by atoms with Crippen LogP contribution in [0.4, 0.5) is 0 Å². The standard InChI is InChI=1S/C23H30O2/c1-4-17-14-15-20(23(24)25-3)22(19-12-10-16(2)11-13-19)21(17)18-8-6-5-7-9-18/h1,14-16,18-19H,5-13H2,2-3H3. The molecule has 134 valence electrons. The summed E-state index contributed by atoms with van der Waals surface area (Å²) >= 11 is 0. The molecule has 0 unspecified atom stereocenters. The van der Waals surface area contributed by atoms with Gasteiger partial charge in [0.05, 0.1) is 12.7 Å². The lowest BCUT2D eigenvalue weighted by molar-refractivity contribution is 0.0598. The van der Waals surface area contributed by atoms with E-state index >= 15 is 0 Å². The van der Waals surface area contributed by atoms with Gasteiger partial charge in [-0.3, -0.25) is 0 Å². The minimum Gasteiger partial charge on any atom is -0.465 e. The molecule has 25 heavy (non-hydrogen) atoms. The van der Waals surface area contributed by atoms with Gasteiger partial charge in [0.2, 0.25) is 0 Å². The maximum absolute atomic E-state index is 12.5. The second-order valence-electron chi connectivity index (χ2n) is 7.92. The van der Waals surface area contributed by atoms with E-state index in [0.717, 1.165) is 29.9 Å². The predicted molar refractivity (Wildman–Crippen MR) is 102 cm³/mol. The summed E-state index contributed by atoms with van der Waals surface area (Å²) in [6.07, 6.45) is 16.9. The van der Waals surface area contributed by atoms with Gasteiger partial charge in [-0.1, -0.05) is 44.9 Å². The molecule has 2 fully saturated rings. The number of carbonyl (C=O) groups is 1. The highest BCUT2D eigenvalue weighted by molar-refractivity contribution is 5.92. The smallest absolute Gasteiger partial charge is 0.338 e. The van der Waals surface area contributed by atoms with Gasteiger partial charge in [0, 0.05) is 5.56 Å². The Hall–Kier alpha value is -1.75. The number of carbonyl (C=O) groups excluding carboxylic acids is 1. The van der Waals surface area contributed by atoms with Gasteiger partial charge in [0.1, 0.15) is 0 Å². The summed E-state index contributed by atoms with van der Waals surface area (Å²) in [6, 6.07) is 3.87. The second kappa shape index (κ2) is 8.09. The molecule has 0 saturated heterocycles. The minimum atomic E-state index is -0.214. The van der Waals surface area contributed by atoms with Crippen LogP contribution < -0.4 is 0 Å². The molecule has 1 aromatic carbocycles. The molecule has 0 heterocycles. The summed E-state index contributed by atoms with van der Waals surface area (Å²) in [4.78, 5) is 12.5. The Kier molecular flexibility index (Phi) is 5.84. The normalized spacial score (nSPS) is 24.5. The maximum Gasteiger partial charge on any atom is 0.338 e. The first-order valence-electron chi connectivity index (χ1n) is 9.87. The fourth-order valence-corrected chi connectivity index (χ4v) is 4.87. The van der Waals surface area contributed by atoms with Gasteiger partial charge < -0.3 is 4.74 Å². The van der Waals surface area contributed by atoms with Crippen molar-refractivity contribution in [3.05, 3.63) is 34.4 Å². The quantitative estimate of drug-likeness (QED) is 0.514. The van der Waals surface area contributed by atoms with E-state index in [4.69, 9.17) is 11.2 Å². The van der Waals surface area contributed by atoms with E-state index < -0.39 is 0 Å². The highest BCUT2D eigenvalue weighted by Gasteiger charge is 2.31. The Balaban J connectivity index is 2.12. The number of methoxy groups -OCH3 is 1. The summed E-state index contributed by atoms with van der Waals surface area (Å²) < 4.78 is 5.11. The van der Waals surface area contributed by atoms with Gasteiger partial charge >= 0.3 is 5.97 Å². The molecule has 2 nitrogen and oxygen atoms in total. The summed E-state index contributed by atoms with van der Waals surface area (Å²) in [5.41, 5.74) is 4.26. The van der Waals surface area contributed by atoms with E-state index in [-0.39, 0.29) is 5.97 Å². The molecular weight excluding hydrogens is 308 g/mol. The third-order valence-corrected chi connectivity index (χ3v) is 6.29. The molecule has 0 N–H and O–H groups in total. The van der Waals surface area contributed by atoms with Crippen molar-refractivity contribution in [2.24, 2.45) is 5.92 Å². The number of hydrogen-bond acceptors (Lipinski definition) is 2. The summed E-state index contributed by atoms with van der Waals surface area (Å²) in [7, 11) is 1.48. The van der Waals surface area contributed by atoms with Crippen LogP contribution in [0.3, 0.4) is 0 Å². The summed E-state index contributed by atoms with van der Waals surface area (Å²) in [5, 5.41) is 0. The maximum atomic E-state index is 12.5. The zero-order chi connectivity index (χ0) is 17.8. The van der Waals surface area contributed by atoms with Crippen LogP contribution in [0.25, 0.3) is 0 Å². The third-order valence-electron chi connectivity index (χ3n) is 6.29. The van der Waals surface area contributed by atoms with E-state index in [1.165, 1.54) is 63.2 Å². The lowest BCUT2D eigenvalue weighted by Gasteiger charge is -2.33. The fourth-order valence-electron chi connectivity index (χ4n) is 4.87. The van der Waals surface area contributed by atoms with Gasteiger partial charge in [-0.15, -0.1) is 6.42 Å².